The van der Waals surface area contributed by atoms with Crippen molar-refractivity contribution in [2.24, 2.45) is 5.41 Å². The van der Waals surface area contributed by atoms with Crippen LogP contribution < -0.4 is 5.56 Å². The van der Waals surface area contributed by atoms with Gasteiger partial charge in [0.15, 0.2) is 5.78 Å². The van der Waals surface area contributed by atoms with Crippen LogP contribution in [0.1, 0.15) is 72.9 Å². The Morgan fingerprint density at radius 2 is 1.78 bits per heavy atom. The molecule has 3 aliphatic rings. The molecule has 1 unspecified atom stereocenters. The highest BCUT2D eigenvalue weighted by molar-refractivity contribution is 6.02. The van der Waals surface area contributed by atoms with Gasteiger partial charge in [0.2, 0.25) is 5.91 Å². The van der Waals surface area contributed by atoms with Gasteiger partial charge in [0, 0.05) is 56.4 Å². The van der Waals surface area contributed by atoms with Crippen LogP contribution >= 0.6 is 0 Å². The van der Waals surface area contributed by atoms with Crippen LogP contribution in [0.2, 0.25) is 0 Å². The minimum Gasteiger partial charge on any atom is -0.339 e. The molecule has 8 nitrogen and oxygen atoms in total. The maximum absolute atomic E-state index is 13.1. The van der Waals surface area contributed by atoms with Gasteiger partial charge in [0.1, 0.15) is 5.56 Å². The van der Waals surface area contributed by atoms with Crippen molar-refractivity contribution in [3.63, 3.8) is 0 Å². The van der Waals surface area contributed by atoms with E-state index in [0.29, 0.717) is 62.9 Å². The number of amides is 2. The van der Waals surface area contributed by atoms with E-state index in [2.05, 4.69) is 16.8 Å². The van der Waals surface area contributed by atoms with Crippen LogP contribution in [0, 0.1) is 5.41 Å². The van der Waals surface area contributed by atoms with E-state index in [9.17, 15) is 19.2 Å². The number of nitrogens with one attached hydrogen (secondary N) is 1. The van der Waals surface area contributed by atoms with Crippen molar-refractivity contribution in [2.45, 2.75) is 58.9 Å². The molecule has 2 saturated heterocycles. The fourth-order valence-corrected chi connectivity index (χ4v) is 5.22. The summed E-state index contributed by atoms with van der Waals surface area (Å²) in [6, 6.07) is 1.78. The minimum atomic E-state index is -0.434. The number of carbonyl (C=O) groups excluding carboxylic acids is 3. The zero-order valence-corrected chi connectivity index (χ0v) is 19.4. The summed E-state index contributed by atoms with van der Waals surface area (Å²) < 4.78 is 0. The number of H-pyrrole nitrogens is 1. The van der Waals surface area contributed by atoms with Crippen LogP contribution in [0.15, 0.2) is 10.9 Å². The largest absolute Gasteiger partial charge is 0.339 e. The van der Waals surface area contributed by atoms with Crippen LogP contribution in [-0.4, -0.2) is 82.6 Å². The Hall–Kier alpha value is -2.48. The molecule has 1 N–H and O–H groups in total. The molecule has 0 spiro atoms. The molecular formula is C24H34N4O4. The number of nitrogens with zero attached hydrogens (tertiary/aromatic N) is 3. The van der Waals surface area contributed by atoms with Gasteiger partial charge in [-0.2, -0.15) is 0 Å². The van der Waals surface area contributed by atoms with Crippen LogP contribution in [0.4, 0.5) is 0 Å². The predicted octanol–water partition coefficient (Wildman–Crippen LogP) is 1.69. The smallest absolute Gasteiger partial charge is 0.261 e. The number of piperazine rings is 1. The van der Waals surface area contributed by atoms with E-state index in [1.807, 2.05) is 18.7 Å². The molecule has 2 aliphatic heterocycles. The van der Waals surface area contributed by atoms with Gasteiger partial charge in [-0.3, -0.25) is 24.1 Å². The van der Waals surface area contributed by atoms with E-state index in [1.165, 1.54) is 12.5 Å². The number of pyridine rings is 1. The number of Topliss-reactive ketones (excluding diaryl/α,β-unsaturated/α-hetero) is 1. The van der Waals surface area contributed by atoms with E-state index < -0.39 is 5.56 Å². The molecule has 0 radical (unpaired) electrons. The number of piperidine rings is 1. The second kappa shape index (κ2) is 8.81. The fraction of sp³-hybridized carbons (Fsp3) is 0.667. The summed E-state index contributed by atoms with van der Waals surface area (Å²) in [7, 11) is 0. The van der Waals surface area contributed by atoms with E-state index in [1.54, 1.807) is 4.90 Å². The van der Waals surface area contributed by atoms with E-state index in [0.717, 1.165) is 19.4 Å². The average Bonchev–Trinajstić information content (AvgIpc) is 2.73. The fourth-order valence-electron chi connectivity index (χ4n) is 5.22. The Morgan fingerprint density at radius 3 is 2.47 bits per heavy atom. The molecule has 3 heterocycles. The highest BCUT2D eigenvalue weighted by atomic mass is 16.2. The van der Waals surface area contributed by atoms with Crippen LogP contribution in [0.5, 0.6) is 0 Å². The molecule has 174 valence electrons. The van der Waals surface area contributed by atoms with Gasteiger partial charge < -0.3 is 14.8 Å². The Kier molecular flexibility index (Phi) is 6.25. The molecule has 1 aromatic heterocycles. The van der Waals surface area contributed by atoms with Crippen LogP contribution in [0.25, 0.3) is 0 Å². The first kappa shape index (κ1) is 22.7. The second-order valence-electron chi connectivity index (χ2n) is 10.3. The van der Waals surface area contributed by atoms with Gasteiger partial charge in [0.05, 0.1) is 6.54 Å². The topological polar surface area (TPSA) is 93.8 Å². The van der Waals surface area contributed by atoms with Crippen molar-refractivity contribution < 1.29 is 14.4 Å². The van der Waals surface area contributed by atoms with E-state index in [4.69, 9.17) is 0 Å². The molecular weight excluding hydrogens is 408 g/mol. The first-order valence-corrected chi connectivity index (χ1v) is 11.7. The summed E-state index contributed by atoms with van der Waals surface area (Å²) >= 11 is 0. The number of hydrogen-bond acceptors (Lipinski definition) is 5. The summed E-state index contributed by atoms with van der Waals surface area (Å²) in [6.45, 7) is 9.41. The monoisotopic (exact) mass is 442 g/mol. The van der Waals surface area contributed by atoms with Gasteiger partial charge in [-0.15, -0.1) is 0 Å². The van der Waals surface area contributed by atoms with Crippen molar-refractivity contribution in [3.8, 4) is 0 Å². The Morgan fingerprint density at radius 1 is 1.06 bits per heavy atom. The lowest BCUT2D eigenvalue weighted by Gasteiger charge is -2.38. The molecule has 8 heteroatoms. The number of rotatable bonds is 3. The lowest BCUT2D eigenvalue weighted by Crippen LogP contribution is -2.53. The van der Waals surface area contributed by atoms with E-state index >= 15 is 0 Å². The summed E-state index contributed by atoms with van der Waals surface area (Å²) in [5, 5.41) is 0. The molecule has 0 saturated carbocycles. The number of fused-ring (bicyclic) bond motifs is 1. The summed E-state index contributed by atoms with van der Waals surface area (Å²) in [4.78, 5) is 59.5. The number of aromatic nitrogens is 1. The maximum atomic E-state index is 13.1. The lowest BCUT2D eigenvalue weighted by molar-refractivity contribution is -0.136. The highest BCUT2D eigenvalue weighted by Crippen LogP contribution is 2.33. The molecule has 1 atom stereocenters. The first-order chi connectivity index (χ1) is 15.1. The second-order valence-corrected chi connectivity index (χ2v) is 10.3. The number of hydrogen-bond donors (Lipinski definition) is 1. The Labute approximate surface area is 188 Å². The summed E-state index contributed by atoms with van der Waals surface area (Å²) in [6.07, 6.45) is 4.32. The lowest BCUT2D eigenvalue weighted by atomic mass is 9.75. The molecule has 2 amide bonds. The molecule has 4 rings (SSSR count). The van der Waals surface area contributed by atoms with Crippen LogP contribution in [-0.2, 0) is 11.2 Å². The van der Waals surface area contributed by atoms with Crippen LogP contribution in [0.3, 0.4) is 0 Å². The third-order valence-electron chi connectivity index (χ3n) is 7.09. The van der Waals surface area contributed by atoms with Crippen molar-refractivity contribution in [2.75, 3.05) is 39.3 Å². The van der Waals surface area contributed by atoms with Gasteiger partial charge in [0.25, 0.3) is 11.5 Å². The predicted molar refractivity (Wildman–Crippen MR) is 121 cm³/mol. The van der Waals surface area contributed by atoms with Gasteiger partial charge in [-0.1, -0.05) is 13.8 Å². The summed E-state index contributed by atoms with van der Waals surface area (Å²) in [5.74, 6) is -0.219. The molecule has 1 aromatic rings. The average molecular weight is 443 g/mol. The van der Waals surface area contributed by atoms with Crippen molar-refractivity contribution >= 4 is 17.6 Å². The highest BCUT2D eigenvalue weighted by Gasteiger charge is 2.34. The normalized spacial score (nSPS) is 23.7. The molecule has 2 fully saturated rings. The quantitative estimate of drug-likeness (QED) is 0.769. The third-order valence-corrected chi connectivity index (χ3v) is 7.09. The minimum absolute atomic E-state index is 0.0307. The zero-order valence-electron chi connectivity index (χ0n) is 19.4. The summed E-state index contributed by atoms with van der Waals surface area (Å²) in [5.41, 5.74) is 0.493. The number of aromatic amines is 1. The van der Waals surface area contributed by atoms with Gasteiger partial charge in [-0.05, 0) is 44.1 Å². The zero-order chi connectivity index (χ0) is 23.0. The SMILES string of the molecule is CC1CCCCN1C(=O)CN1CCN(C(=O)c2cc3c([nH]c2=O)CC(C)(C)CC3=O)CC1. The first-order valence-electron chi connectivity index (χ1n) is 11.7. The standard InChI is InChI=1S/C24H34N4O4/c1-16-6-4-5-7-28(16)21(30)15-26-8-10-27(11-9-26)23(32)18-12-17-19(25-22(18)31)13-24(2,3)14-20(17)29/h12,16H,4-11,13-15H2,1-3H3,(H,25,31). The number of carbonyl (C=O) groups is 3. The molecule has 0 bridgehead atoms. The van der Waals surface area contributed by atoms with Gasteiger partial charge >= 0.3 is 0 Å². The number of likely N-dealkylation sites (tertiary alicyclic amines) is 1. The molecule has 32 heavy (non-hydrogen) atoms. The molecule has 1 aliphatic carbocycles. The molecule has 0 aromatic carbocycles. The Bertz CT molecular complexity index is 975. The van der Waals surface area contributed by atoms with Gasteiger partial charge in [-0.25, -0.2) is 0 Å². The third kappa shape index (κ3) is 4.65. The van der Waals surface area contributed by atoms with Crippen molar-refractivity contribution in [1.29, 1.82) is 0 Å². The Balaban J connectivity index is 1.39. The van der Waals surface area contributed by atoms with Crippen molar-refractivity contribution in [3.05, 3.63) is 33.2 Å². The maximum Gasteiger partial charge on any atom is 0.261 e. The van der Waals surface area contributed by atoms with Crippen molar-refractivity contribution in [1.82, 2.24) is 19.7 Å². The van der Waals surface area contributed by atoms with E-state index in [-0.39, 0.29) is 28.6 Å². The number of ketones is 1.